The molecule has 0 saturated carbocycles. The van der Waals surface area contributed by atoms with Gasteiger partial charge in [-0.25, -0.2) is 4.79 Å². The van der Waals surface area contributed by atoms with Crippen molar-refractivity contribution < 1.29 is 9.53 Å². The molecule has 1 aliphatic heterocycles. The Morgan fingerprint density at radius 3 is 2.58 bits per heavy atom. The molecule has 1 heterocycles. The number of hydrogen-bond acceptors (Lipinski definition) is 3. The number of nitrogens with one attached hydrogen (secondary N) is 1. The summed E-state index contributed by atoms with van der Waals surface area (Å²) in [5, 5.41) is 3.16. The van der Waals surface area contributed by atoms with Crippen LogP contribution in [0.3, 0.4) is 0 Å². The maximum atomic E-state index is 12.7. The van der Waals surface area contributed by atoms with Gasteiger partial charge in [0.25, 0.3) is 0 Å². The number of urea groups is 1. The van der Waals surface area contributed by atoms with Gasteiger partial charge in [-0.05, 0) is 36.6 Å². The van der Waals surface area contributed by atoms with Crippen LogP contribution in [0.2, 0.25) is 0 Å². The number of anilines is 1. The van der Waals surface area contributed by atoms with E-state index in [0.29, 0.717) is 13.2 Å². The third-order valence-corrected chi connectivity index (χ3v) is 4.71. The van der Waals surface area contributed by atoms with Crippen molar-refractivity contribution in [2.24, 2.45) is 0 Å². The number of hydrogen-bond donors (Lipinski definition) is 1. The van der Waals surface area contributed by atoms with Gasteiger partial charge < -0.3 is 19.9 Å². The average molecular weight is 353 g/mol. The summed E-state index contributed by atoms with van der Waals surface area (Å²) in [6.45, 7) is 1.27. The Morgan fingerprint density at radius 1 is 1.12 bits per heavy atom. The second-order valence-electron chi connectivity index (χ2n) is 6.95. The van der Waals surface area contributed by atoms with Crippen molar-refractivity contribution in [1.82, 2.24) is 10.2 Å². The van der Waals surface area contributed by atoms with E-state index in [4.69, 9.17) is 4.74 Å². The maximum absolute atomic E-state index is 12.7. The first kappa shape index (κ1) is 18.1. The van der Waals surface area contributed by atoms with Crippen LogP contribution in [-0.2, 0) is 6.54 Å². The van der Waals surface area contributed by atoms with Gasteiger partial charge >= 0.3 is 6.03 Å². The van der Waals surface area contributed by atoms with Gasteiger partial charge in [0, 0.05) is 38.9 Å². The second kappa shape index (κ2) is 8.13. The van der Waals surface area contributed by atoms with Gasteiger partial charge in [0.1, 0.15) is 5.75 Å². The van der Waals surface area contributed by atoms with Crippen molar-refractivity contribution in [1.29, 1.82) is 0 Å². The van der Waals surface area contributed by atoms with Crippen LogP contribution in [0.25, 0.3) is 0 Å². The molecule has 0 bridgehead atoms. The molecule has 2 aromatic rings. The molecule has 0 spiro atoms. The first-order valence-electron chi connectivity index (χ1n) is 9.04. The Morgan fingerprint density at radius 2 is 1.85 bits per heavy atom. The molecule has 0 fully saturated rings. The second-order valence-corrected chi connectivity index (χ2v) is 6.95. The number of para-hydroxylation sites is 1. The number of fused-ring (bicyclic) bond motifs is 1. The van der Waals surface area contributed by atoms with E-state index in [0.717, 1.165) is 35.4 Å². The molecule has 1 unspecified atom stereocenters. The van der Waals surface area contributed by atoms with E-state index < -0.39 is 0 Å². The Balaban J connectivity index is 1.64. The summed E-state index contributed by atoms with van der Waals surface area (Å²) in [5.74, 6) is 0.872. The molecule has 1 N–H and O–H groups in total. The minimum Gasteiger partial charge on any atom is -0.493 e. The summed E-state index contributed by atoms with van der Waals surface area (Å²) in [7, 11) is 5.86. The molecule has 26 heavy (non-hydrogen) atoms. The standard InChI is InChI=1S/C21H27N3O2/c1-23(2)17-12-10-16(11-13-17)15-24(3)21(25)22-19-8-6-14-26-20-9-5-4-7-18(19)20/h4-5,7,9-13,19H,6,8,14-15H2,1-3H3,(H,22,25). The monoisotopic (exact) mass is 353 g/mol. The van der Waals surface area contributed by atoms with Gasteiger partial charge in [-0.1, -0.05) is 30.3 Å². The zero-order chi connectivity index (χ0) is 18.5. The summed E-state index contributed by atoms with van der Waals surface area (Å²) in [6.07, 6.45) is 1.81. The van der Waals surface area contributed by atoms with Gasteiger partial charge in [-0.2, -0.15) is 0 Å². The van der Waals surface area contributed by atoms with Gasteiger partial charge in [0.15, 0.2) is 0 Å². The molecule has 138 valence electrons. The molecule has 5 heteroatoms. The maximum Gasteiger partial charge on any atom is 0.317 e. The fourth-order valence-electron chi connectivity index (χ4n) is 3.18. The van der Waals surface area contributed by atoms with E-state index in [2.05, 4.69) is 34.5 Å². The first-order chi connectivity index (χ1) is 12.5. The number of nitrogens with zero attached hydrogens (tertiary/aromatic N) is 2. The van der Waals surface area contributed by atoms with Crippen LogP contribution in [0, 0.1) is 0 Å². The number of rotatable bonds is 4. The summed E-state index contributed by atoms with van der Waals surface area (Å²) < 4.78 is 5.78. The minimum absolute atomic E-state index is 0.0141. The third-order valence-electron chi connectivity index (χ3n) is 4.71. The summed E-state index contributed by atoms with van der Waals surface area (Å²) in [5.41, 5.74) is 3.32. The SMILES string of the molecule is CN(Cc1ccc(N(C)C)cc1)C(=O)NC1CCCOc2ccccc21. The van der Waals surface area contributed by atoms with E-state index in [9.17, 15) is 4.79 Å². The molecule has 3 rings (SSSR count). The Hall–Kier alpha value is -2.69. The van der Waals surface area contributed by atoms with Gasteiger partial charge in [0.2, 0.25) is 0 Å². The predicted molar refractivity (Wildman–Crippen MR) is 105 cm³/mol. The van der Waals surface area contributed by atoms with Crippen LogP contribution in [-0.4, -0.2) is 38.7 Å². The van der Waals surface area contributed by atoms with Crippen LogP contribution in [0.15, 0.2) is 48.5 Å². The number of carbonyl (C=O) groups is 1. The highest BCUT2D eigenvalue weighted by molar-refractivity contribution is 5.74. The smallest absolute Gasteiger partial charge is 0.317 e. The lowest BCUT2D eigenvalue weighted by Gasteiger charge is -2.24. The quantitative estimate of drug-likeness (QED) is 0.909. The van der Waals surface area contributed by atoms with Crippen molar-refractivity contribution in [3.05, 3.63) is 59.7 Å². The molecule has 0 aromatic heterocycles. The summed E-state index contributed by atoms with van der Waals surface area (Å²) >= 11 is 0. The predicted octanol–water partition coefficient (Wildman–Crippen LogP) is 3.81. The summed E-state index contributed by atoms with van der Waals surface area (Å²) in [6, 6.07) is 16.1. The summed E-state index contributed by atoms with van der Waals surface area (Å²) in [4.78, 5) is 16.5. The van der Waals surface area contributed by atoms with Crippen molar-refractivity contribution in [3.8, 4) is 5.75 Å². The number of amides is 2. The van der Waals surface area contributed by atoms with Gasteiger partial charge in [-0.15, -0.1) is 0 Å². The zero-order valence-corrected chi connectivity index (χ0v) is 15.7. The highest BCUT2D eigenvalue weighted by Gasteiger charge is 2.22. The van der Waals surface area contributed by atoms with Crippen LogP contribution in [0.1, 0.15) is 30.0 Å². The van der Waals surface area contributed by atoms with Crippen LogP contribution >= 0.6 is 0 Å². The third kappa shape index (κ3) is 4.28. The molecule has 2 amide bonds. The Labute approximate surface area is 155 Å². The van der Waals surface area contributed by atoms with Crippen molar-refractivity contribution in [2.75, 3.05) is 32.6 Å². The van der Waals surface area contributed by atoms with Crippen molar-refractivity contribution in [3.63, 3.8) is 0 Å². The first-order valence-corrected chi connectivity index (χ1v) is 9.04. The van der Waals surface area contributed by atoms with Crippen molar-refractivity contribution >= 4 is 11.7 Å². The molecule has 1 atom stereocenters. The molecule has 5 nitrogen and oxygen atoms in total. The minimum atomic E-state index is -0.0663. The topological polar surface area (TPSA) is 44.8 Å². The zero-order valence-electron chi connectivity index (χ0n) is 15.7. The number of carbonyl (C=O) groups excluding carboxylic acids is 1. The van der Waals surface area contributed by atoms with Crippen LogP contribution < -0.4 is 15.0 Å². The molecule has 0 radical (unpaired) electrons. The number of ether oxygens (including phenoxy) is 1. The highest BCUT2D eigenvalue weighted by atomic mass is 16.5. The van der Waals surface area contributed by atoms with Crippen LogP contribution in [0.5, 0.6) is 5.75 Å². The van der Waals surface area contributed by atoms with Crippen molar-refractivity contribution in [2.45, 2.75) is 25.4 Å². The molecule has 2 aromatic carbocycles. The van der Waals surface area contributed by atoms with E-state index >= 15 is 0 Å². The van der Waals surface area contributed by atoms with E-state index in [1.165, 1.54) is 0 Å². The van der Waals surface area contributed by atoms with E-state index in [1.807, 2.05) is 45.4 Å². The molecule has 0 saturated heterocycles. The fraction of sp³-hybridized carbons (Fsp3) is 0.381. The lowest BCUT2D eigenvalue weighted by atomic mass is 10.0. The van der Waals surface area contributed by atoms with Gasteiger partial charge in [-0.3, -0.25) is 0 Å². The van der Waals surface area contributed by atoms with E-state index in [1.54, 1.807) is 4.90 Å². The largest absolute Gasteiger partial charge is 0.493 e. The average Bonchev–Trinajstić information content (AvgIpc) is 2.84. The molecular weight excluding hydrogens is 326 g/mol. The van der Waals surface area contributed by atoms with E-state index in [-0.39, 0.29) is 12.1 Å². The number of benzene rings is 2. The van der Waals surface area contributed by atoms with Crippen LogP contribution in [0.4, 0.5) is 10.5 Å². The highest BCUT2D eigenvalue weighted by Crippen LogP contribution is 2.31. The molecule has 0 aliphatic carbocycles. The molecular formula is C21H27N3O2. The fourth-order valence-corrected chi connectivity index (χ4v) is 3.18. The lowest BCUT2D eigenvalue weighted by molar-refractivity contribution is 0.202. The Kier molecular flexibility index (Phi) is 5.66. The molecule has 1 aliphatic rings. The normalized spacial score (nSPS) is 16.0. The van der Waals surface area contributed by atoms with Gasteiger partial charge in [0.05, 0.1) is 12.6 Å². The lowest BCUT2D eigenvalue weighted by Crippen LogP contribution is -2.39. The Bertz CT molecular complexity index is 743.